The molecule has 0 N–H and O–H groups in total. The third-order valence-corrected chi connectivity index (χ3v) is 6.38. The summed E-state index contributed by atoms with van der Waals surface area (Å²) < 4.78 is 0. The van der Waals surface area contributed by atoms with Gasteiger partial charge < -0.3 is 0 Å². The van der Waals surface area contributed by atoms with Crippen molar-refractivity contribution in [3.8, 4) is 0 Å². The summed E-state index contributed by atoms with van der Waals surface area (Å²) in [5.74, 6) is 0. The first kappa shape index (κ1) is 19.2. The molecule has 0 aromatic heterocycles. The summed E-state index contributed by atoms with van der Waals surface area (Å²) in [5.41, 5.74) is 6.36. The van der Waals surface area contributed by atoms with Crippen LogP contribution in [0, 0.1) is 0 Å². The number of rotatable bonds is 5. The van der Waals surface area contributed by atoms with Gasteiger partial charge in [-0.1, -0.05) is 129 Å². The molecule has 29 heavy (non-hydrogen) atoms. The summed E-state index contributed by atoms with van der Waals surface area (Å²) in [5, 5.41) is 0. The SMILES string of the molecule is CC(C)(c1ccccc1)c1ccc(C(C)(c2ccccc2)c2ccccc2)cc1. The van der Waals surface area contributed by atoms with Crippen molar-refractivity contribution in [2.24, 2.45) is 0 Å². The minimum Gasteiger partial charge on any atom is -0.0622 e. The summed E-state index contributed by atoms with van der Waals surface area (Å²) in [7, 11) is 0. The van der Waals surface area contributed by atoms with Crippen LogP contribution in [0.5, 0.6) is 0 Å². The van der Waals surface area contributed by atoms with Crippen LogP contribution in [0.15, 0.2) is 115 Å². The van der Waals surface area contributed by atoms with Crippen LogP contribution in [0.2, 0.25) is 0 Å². The minimum atomic E-state index is -0.196. The van der Waals surface area contributed by atoms with Crippen molar-refractivity contribution in [1.29, 1.82) is 0 Å². The zero-order valence-corrected chi connectivity index (χ0v) is 17.5. The highest BCUT2D eigenvalue weighted by atomic mass is 14.3. The zero-order valence-electron chi connectivity index (χ0n) is 17.5. The monoisotopic (exact) mass is 376 g/mol. The molecule has 0 aliphatic carbocycles. The minimum absolute atomic E-state index is 0.0321. The lowest BCUT2D eigenvalue weighted by atomic mass is 9.70. The van der Waals surface area contributed by atoms with Crippen molar-refractivity contribution in [2.45, 2.75) is 31.6 Å². The average Bonchev–Trinajstić information content (AvgIpc) is 2.80. The molecule has 0 saturated heterocycles. The maximum atomic E-state index is 2.33. The van der Waals surface area contributed by atoms with Gasteiger partial charge in [0, 0.05) is 10.8 Å². The lowest BCUT2D eigenvalue weighted by Gasteiger charge is -2.33. The van der Waals surface area contributed by atoms with Gasteiger partial charge in [0.15, 0.2) is 0 Å². The second-order valence-corrected chi connectivity index (χ2v) is 8.43. The van der Waals surface area contributed by atoms with Gasteiger partial charge in [-0.25, -0.2) is 0 Å². The van der Waals surface area contributed by atoms with Gasteiger partial charge in [-0.2, -0.15) is 0 Å². The van der Waals surface area contributed by atoms with Gasteiger partial charge in [0.25, 0.3) is 0 Å². The topological polar surface area (TPSA) is 0 Å². The van der Waals surface area contributed by atoms with E-state index in [0.717, 1.165) is 0 Å². The van der Waals surface area contributed by atoms with E-state index >= 15 is 0 Å². The van der Waals surface area contributed by atoms with Crippen LogP contribution in [-0.4, -0.2) is 0 Å². The quantitative estimate of drug-likeness (QED) is 0.319. The Hall–Kier alpha value is -3.12. The largest absolute Gasteiger partial charge is 0.0622 e. The summed E-state index contributed by atoms with van der Waals surface area (Å²) in [6.07, 6.45) is 0. The van der Waals surface area contributed by atoms with Crippen molar-refractivity contribution in [2.75, 3.05) is 0 Å². The Kier molecular flexibility index (Phi) is 5.11. The van der Waals surface area contributed by atoms with Gasteiger partial charge in [-0.15, -0.1) is 0 Å². The summed E-state index contributed by atoms with van der Waals surface area (Å²) in [4.78, 5) is 0. The molecule has 0 saturated carbocycles. The van der Waals surface area contributed by atoms with E-state index < -0.39 is 0 Å². The van der Waals surface area contributed by atoms with Crippen LogP contribution in [-0.2, 0) is 10.8 Å². The summed E-state index contributed by atoms with van der Waals surface area (Å²) in [6.45, 7) is 6.92. The van der Waals surface area contributed by atoms with Gasteiger partial charge in [0.05, 0.1) is 0 Å². The Morgan fingerprint density at radius 2 is 0.621 bits per heavy atom. The van der Waals surface area contributed by atoms with Crippen LogP contribution in [0.4, 0.5) is 0 Å². The Morgan fingerprint density at radius 1 is 0.345 bits per heavy atom. The van der Waals surface area contributed by atoms with Gasteiger partial charge >= 0.3 is 0 Å². The second-order valence-electron chi connectivity index (χ2n) is 8.43. The zero-order chi connectivity index (χ0) is 20.3. The van der Waals surface area contributed by atoms with Crippen LogP contribution in [0.25, 0.3) is 0 Å². The predicted molar refractivity (Wildman–Crippen MR) is 123 cm³/mol. The number of benzene rings is 4. The fraction of sp³-hybridized carbons (Fsp3) is 0.172. The first-order chi connectivity index (χ1) is 14.0. The summed E-state index contributed by atoms with van der Waals surface area (Å²) >= 11 is 0. The first-order valence-corrected chi connectivity index (χ1v) is 10.3. The highest BCUT2D eigenvalue weighted by Crippen LogP contribution is 2.40. The summed E-state index contributed by atoms with van der Waals surface area (Å²) in [6, 6.07) is 41.6. The predicted octanol–water partition coefficient (Wildman–Crippen LogP) is 7.37. The van der Waals surface area contributed by atoms with Gasteiger partial charge in [-0.05, 0) is 34.7 Å². The molecule has 0 nitrogen and oxygen atoms in total. The van der Waals surface area contributed by atoms with Crippen molar-refractivity contribution in [3.05, 3.63) is 143 Å². The van der Waals surface area contributed by atoms with E-state index in [1.54, 1.807) is 0 Å². The smallest absolute Gasteiger partial charge is 0.0423 e. The van der Waals surface area contributed by atoms with Gasteiger partial charge in [0.2, 0.25) is 0 Å². The average molecular weight is 377 g/mol. The van der Waals surface area contributed by atoms with Crippen LogP contribution in [0.1, 0.15) is 48.6 Å². The van der Waals surface area contributed by atoms with Crippen molar-refractivity contribution in [1.82, 2.24) is 0 Å². The normalized spacial score (nSPS) is 12.0. The molecule has 0 fully saturated rings. The van der Waals surface area contributed by atoms with Crippen LogP contribution >= 0.6 is 0 Å². The van der Waals surface area contributed by atoms with E-state index in [-0.39, 0.29) is 10.8 Å². The molecule has 0 aliphatic heterocycles. The molecule has 4 aromatic rings. The lowest BCUT2D eigenvalue weighted by molar-refractivity contribution is 0.637. The van der Waals surface area contributed by atoms with Crippen molar-refractivity contribution < 1.29 is 0 Å². The molecule has 0 heteroatoms. The molecule has 144 valence electrons. The molecule has 0 radical (unpaired) electrons. The van der Waals surface area contributed by atoms with E-state index in [1.165, 1.54) is 27.8 Å². The molecule has 0 atom stereocenters. The molecule has 0 bridgehead atoms. The molecular weight excluding hydrogens is 348 g/mol. The third-order valence-electron chi connectivity index (χ3n) is 6.38. The maximum Gasteiger partial charge on any atom is 0.0423 e. The fourth-order valence-electron chi connectivity index (χ4n) is 4.28. The second kappa shape index (κ2) is 7.72. The molecule has 4 rings (SSSR count). The van der Waals surface area contributed by atoms with E-state index in [9.17, 15) is 0 Å². The lowest BCUT2D eigenvalue weighted by Crippen LogP contribution is -2.26. The van der Waals surface area contributed by atoms with Gasteiger partial charge in [-0.3, -0.25) is 0 Å². The Labute approximate surface area is 174 Å². The molecule has 0 unspecified atom stereocenters. The third kappa shape index (κ3) is 3.51. The highest BCUT2D eigenvalue weighted by Gasteiger charge is 2.31. The molecule has 0 amide bonds. The van der Waals surface area contributed by atoms with Crippen molar-refractivity contribution >= 4 is 0 Å². The Morgan fingerprint density at radius 3 is 1.03 bits per heavy atom. The van der Waals surface area contributed by atoms with Crippen molar-refractivity contribution in [3.63, 3.8) is 0 Å². The fourth-order valence-corrected chi connectivity index (χ4v) is 4.28. The molecule has 0 heterocycles. The first-order valence-electron chi connectivity index (χ1n) is 10.3. The standard InChI is InChI=1S/C29H28/c1-28(2,23-13-7-4-8-14-23)24-19-21-27(22-20-24)29(3,25-15-9-5-10-16-25)26-17-11-6-12-18-26/h4-22H,1-3H3. The van der Waals surface area contributed by atoms with E-state index in [4.69, 9.17) is 0 Å². The highest BCUT2D eigenvalue weighted by molar-refractivity contribution is 5.50. The molecule has 0 spiro atoms. The van der Waals surface area contributed by atoms with E-state index in [1.807, 2.05) is 0 Å². The van der Waals surface area contributed by atoms with Crippen LogP contribution < -0.4 is 0 Å². The van der Waals surface area contributed by atoms with Gasteiger partial charge in [0.1, 0.15) is 0 Å². The molecule has 4 aromatic carbocycles. The number of hydrogen-bond acceptors (Lipinski definition) is 0. The molecule has 0 aliphatic rings. The molecular formula is C29H28. The Bertz CT molecular complexity index is 1000. The van der Waals surface area contributed by atoms with E-state index in [0.29, 0.717) is 0 Å². The van der Waals surface area contributed by atoms with E-state index in [2.05, 4.69) is 136 Å². The maximum absolute atomic E-state index is 2.33. The van der Waals surface area contributed by atoms with Crippen LogP contribution in [0.3, 0.4) is 0 Å². The Balaban J connectivity index is 1.80. The number of hydrogen-bond donors (Lipinski definition) is 0.